The van der Waals surface area contributed by atoms with Crippen molar-refractivity contribution in [1.82, 2.24) is 14.9 Å². The van der Waals surface area contributed by atoms with Crippen molar-refractivity contribution in [2.75, 3.05) is 27.0 Å². The van der Waals surface area contributed by atoms with Gasteiger partial charge in [-0.3, -0.25) is 15.0 Å². The summed E-state index contributed by atoms with van der Waals surface area (Å²) in [6.07, 6.45) is 2.34. The smallest absolute Gasteiger partial charge is 0.338 e. The van der Waals surface area contributed by atoms with Crippen molar-refractivity contribution in [2.45, 2.75) is 42.8 Å². The number of thioether (sulfide) groups is 1. The van der Waals surface area contributed by atoms with E-state index < -0.39 is 28.7 Å². The lowest BCUT2D eigenvalue weighted by atomic mass is 10.1. The van der Waals surface area contributed by atoms with Gasteiger partial charge < -0.3 is 10.1 Å². The fourth-order valence-electron chi connectivity index (χ4n) is 6.23. The van der Waals surface area contributed by atoms with Gasteiger partial charge in [-0.1, -0.05) is 66.4 Å². The van der Waals surface area contributed by atoms with Crippen molar-refractivity contribution in [3.8, 4) is 0 Å². The van der Waals surface area contributed by atoms with Gasteiger partial charge in [0.05, 0.1) is 17.5 Å². The zero-order valence-corrected chi connectivity index (χ0v) is 25.5. The maximum atomic E-state index is 14.9. The van der Waals surface area contributed by atoms with E-state index in [1.807, 2.05) is 66.4 Å². The second-order valence-corrected chi connectivity index (χ2v) is 12.5. The zero-order valence-electron chi connectivity index (χ0n) is 24.7. The molecule has 228 valence electrons. The molecule has 3 fully saturated rings. The first kappa shape index (κ1) is 29.0. The van der Waals surface area contributed by atoms with Crippen LogP contribution in [0.4, 0.5) is 32.5 Å². The Balaban J connectivity index is 1.33. The minimum Gasteiger partial charge on any atom is -0.359 e. The first-order valence-corrected chi connectivity index (χ1v) is 15.5. The number of hydrogen-bond acceptors (Lipinski definition) is 8. The Morgan fingerprint density at radius 2 is 1.60 bits per heavy atom. The lowest BCUT2D eigenvalue weighted by molar-refractivity contribution is -0.145. The highest BCUT2D eigenvalue weighted by Crippen LogP contribution is 2.60. The molecule has 45 heavy (non-hydrogen) atoms. The molecule has 1 spiro atoms. The molecule has 0 saturated carbocycles. The second kappa shape index (κ2) is 11.3. The summed E-state index contributed by atoms with van der Waals surface area (Å²) >= 11 is 1.43. The normalized spacial score (nSPS) is 24.4. The van der Waals surface area contributed by atoms with Gasteiger partial charge in [0.2, 0.25) is 4.99 Å². The Morgan fingerprint density at radius 1 is 0.956 bits per heavy atom. The first-order valence-electron chi connectivity index (χ1n) is 14.7. The minimum atomic E-state index is -1.50. The summed E-state index contributed by atoms with van der Waals surface area (Å²) in [5.41, 5.74) is 1.33. The number of amides is 5. The molecule has 2 N–H and O–H groups in total. The van der Waals surface area contributed by atoms with Gasteiger partial charge in [0.25, 0.3) is 5.91 Å². The summed E-state index contributed by atoms with van der Waals surface area (Å²) in [6.45, 7) is 4.31. The maximum absolute atomic E-state index is 14.9. The number of carbonyl (C=O) groups is 3. The molecule has 3 saturated heterocycles. The molecule has 0 aliphatic carbocycles. The van der Waals surface area contributed by atoms with E-state index in [9.17, 15) is 14.4 Å². The van der Waals surface area contributed by atoms with E-state index >= 15 is 0 Å². The van der Waals surface area contributed by atoms with Gasteiger partial charge in [-0.05, 0) is 56.7 Å². The maximum Gasteiger partial charge on any atom is 0.338 e. The Morgan fingerprint density at radius 3 is 2.29 bits per heavy atom. The van der Waals surface area contributed by atoms with E-state index in [1.54, 1.807) is 54.4 Å². The van der Waals surface area contributed by atoms with E-state index in [0.717, 1.165) is 0 Å². The SMILES string of the molecule is Cc1ncc(CN2[C@@]3(S[C@H]4CCO[C@]42C)C(=O)N(c2ccccc2)C(=O)N3c2ccccc2)c(NC(=O)Nc2ccccc2)n1. The molecule has 5 amide bonds. The number of hydrogen-bond donors (Lipinski definition) is 2. The van der Waals surface area contributed by atoms with Crippen LogP contribution in [0, 0.1) is 6.92 Å². The molecule has 1 aromatic heterocycles. The van der Waals surface area contributed by atoms with Crippen LogP contribution in [0.3, 0.4) is 0 Å². The predicted octanol–water partition coefficient (Wildman–Crippen LogP) is 5.81. The van der Waals surface area contributed by atoms with E-state index in [4.69, 9.17) is 4.74 Å². The lowest BCUT2D eigenvalue weighted by Crippen LogP contribution is -2.62. The minimum absolute atomic E-state index is 0.103. The van der Waals surface area contributed by atoms with Crippen LogP contribution in [0.2, 0.25) is 0 Å². The highest BCUT2D eigenvalue weighted by molar-refractivity contribution is 8.02. The van der Waals surface area contributed by atoms with Crippen molar-refractivity contribution in [2.24, 2.45) is 0 Å². The van der Waals surface area contributed by atoms with Gasteiger partial charge in [0, 0.05) is 29.7 Å². The predicted molar refractivity (Wildman–Crippen MR) is 173 cm³/mol. The molecule has 4 heterocycles. The van der Waals surface area contributed by atoms with Crippen molar-refractivity contribution in [3.63, 3.8) is 0 Å². The van der Waals surface area contributed by atoms with Gasteiger partial charge in [-0.2, -0.15) is 0 Å². The fourth-order valence-corrected chi connectivity index (χ4v) is 8.10. The van der Waals surface area contributed by atoms with E-state index in [0.29, 0.717) is 47.3 Å². The van der Waals surface area contributed by atoms with Gasteiger partial charge in [0.15, 0.2) is 0 Å². The average Bonchev–Trinajstić information content (AvgIpc) is 3.60. The number of anilines is 4. The molecule has 0 unspecified atom stereocenters. The number of urea groups is 2. The summed E-state index contributed by atoms with van der Waals surface area (Å²) in [7, 11) is 0. The van der Waals surface area contributed by atoms with Crippen LogP contribution < -0.4 is 20.4 Å². The number of nitrogens with zero attached hydrogens (tertiary/aromatic N) is 5. The molecular weight excluding hydrogens is 590 g/mol. The number of benzene rings is 3. The highest BCUT2D eigenvalue weighted by atomic mass is 32.2. The third kappa shape index (κ3) is 4.82. The summed E-state index contributed by atoms with van der Waals surface area (Å²) in [6, 6.07) is 26.3. The topological polar surface area (TPSA) is 120 Å². The van der Waals surface area contributed by atoms with Gasteiger partial charge in [0.1, 0.15) is 17.4 Å². The van der Waals surface area contributed by atoms with Crippen LogP contribution >= 0.6 is 11.8 Å². The lowest BCUT2D eigenvalue weighted by Gasteiger charge is -2.43. The third-order valence-corrected chi connectivity index (χ3v) is 10.2. The van der Waals surface area contributed by atoms with E-state index in [1.165, 1.54) is 16.7 Å². The number of fused-ring (bicyclic) bond motifs is 1. The van der Waals surface area contributed by atoms with Crippen LogP contribution in [-0.4, -0.2) is 55.4 Å². The third-order valence-electron chi connectivity index (χ3n) is 8.35. The number of ether oxygens (including phenoxy) is 1. The van der Waals surface area contributed by atoms with Gasteiger partial charge >= 0.3 is 12.1 Å². The summed E-state index contributed by atoms with van der Waals surface area (Å²) < 4.78 is 6.42. The summed E-state index contributed by atoms with van der Waals surface area (Å²) in [5.74, 6) is 0.369. The number of para-hydroxylation sites is 3. The molecule has 0 radical (unpaired) electrons. The Kier molecular flexibility index (Phi) is 7.27. The number of nitrogens with one attached hydrogen (secondary N) is 2. The monoisotopic (exact) mass is 621 g/mol. The molecular formula is C33H31N7O4S. The highest BCUT2D eigenvalue weighted by Gasteiger charge is 2.73. The van der Waals surface area contributed by atoms with Crippen LogP contribution in [0.1, 0.15) is 24.7 Å². The van der Waals surface area contributed by atoms with Crippen molar-refractivity contribution in [3.05, 3.63) is 109 Å². The van der Waals surface area contributed by atoms with Crippen LogP contribution in [-0.2, 0) is 16.1 Å². The standard InChI is InChI=1S/C33H31N7O4S/c1-22-34-20-23(28(35-22)37-30(42)36-24-12-6-3-7-13-24)21-38-32(2)27(18-19-44-32)45-33(38)29(41)39(25-14-8-4-9-15-25)31(43)40(33)26-16-10-5-11-17-26/h3-17,20,27H,18-19,21H2,1-2H3,(H2,34,35,36,37,42)/t27-,32+,33-/m0/s1. The quantitative estimate of drug-likeness (QED) is 0.259. The van der Waals surface area contributed by atoms with Crippen molar-refractivity contribution < 1.29 is 19.1 Å². The van der Waals surface area contributed by atoms with Crippen molar-refractivity contribution in [1.29, 1.82) is 0 Å². The summed E-state index contributed by atoms with van der Waals surface area (Å²) in [4.78, 5) is 54.6. The Labute approximate surface area is 264 Å². The second-order valence-electron chi connectivity index (χ2n) is 11.2. The summed E-state index contributed by atoms with van der Waals surface area (Å²) in [5, 5.41) is 5.57. The number of rotatable bonds is 6. The molecule has 12 heteroatoms. The van der Waals surface area contributed by atoms with Crippen LogP contribution in [0.25, 0.3) is 0 Å². The molecule has 11 nitrogen and oxygen atoms in total. The molecule has 7 rings (SSSR count). The number of carbonyl (C=O) groups excluding carboxylic acids is 3. The molecule has 3 aliphatic rings. The average molecular weight is 622 g/mol. The molecule has 3 aromatic carbocycles. The molecule has 0 bridgehead atoms. The van der Waals surface area contributed by atoms with Gasteiger partial charge in [-0.25, -0.2) is 29.4 Å². The Hall–Kier alpha value is -4.78. The van der Waals surface area contributed by atoms with Crippen LogP contribution in [0.15, 0.2) is 97.2 Å². The van der Waals surface area contributed by atoms with Gasteiger partial charge in [-0.15, -0.1) is 0 Å². The van der Waals surface area contributed by atoms with Crippen molar-refractivity contribution >= 4 is 52.6 Å². The Bertz CT molecular complexity index is 1760. The fraction of sp³-hybridized carbons (Fsp3) is 0.242. The number of aryl methyl sites for hydroxylation is 1. The molecule has 3 aliphatic heterocycles. The van der Waals surface area contributed by atoms with E-state index in [2.05, 4.69) is 20.6 Å². The molecule has 3 atom stereocenters. The largest absolute Gasteiger partial charge is 0.359 e. The molecule has 4 aromatic rings. The number of imide groups is 1. The first-order chi connectivity index (χ1) is 21.8. The van der Waals surface area contributed by atoms with E-state index in [-0.39, 0.29) is 11.8 Å². The van der Waals surface area contributed by atoms with Crippen LogP contribution in [0.5, 0.6) is 0 Å². The number of aromatic nitrogens is 2. The zero-order chi connectivity index (χ0) is 31.2.